The Hall–Kier alpha value is -2.68. The van der Waals surface area contributed by atoms with Gasteiger partial charge in [-0.3, -0.25) is 14.2 Å². The third kappa shape index (κ3) is 4.09. The molecule has 0 saturated heterocycles. The van der Waals surface area contributed by atoms with Crippen LogP contribution in [0.25, 0.3) is 10.9 Å². The van der Waals surface area contributed by atoms with Gasteiger partial charge in [0.05, 0.1) is 23.3 Å². The summed E-state index contributed by atoms with van der Waals surface area (Å²) in [6, 6.07) is 7.02. The summed E-state index contributed by atoms with van der Waals surface area (Å²) in [5.41, 5.74) is 0.0242. The van der Waals surface area contributed by atoms with Gasteiger partial charge >= 0.3 is 5.97 Å². The lowest BCUT2D eigenvalue weighted by Gasteiger charge is -2.14. The maximum atomic E-state index is 12.9. The molecule has 0 aliphatic heterocycles. The summed E-state index contributed by atoms with van der Waals surface area (Å²) >= 11 is 1.28. The number of nitrogens with zero attached hydrogens (tertiary/aromatic N) is 4. The van der Waals surface area contributed by atoms with Gasteiger partial charge in [0.25, 0.3) is 5.56 Å². The predicted molar refractivity (Wildman–Crippen MR) is 105 cm³/mol. The number of thioether (sulfide) groups is 1. The molecule has 9 heteroatoms. The fraction of sp³-hybridized carbons (Fsp3) is 0.421. The minimum absolute atomic E-state index is 0.223. The van der Waals surface area contributed by atoms with Gasteiger partial charge < -0.3 is 9.26 Å². The van der Waals surface area contributed by atoms with E-state index in [4.69, 9.17) is 9.26 Å². The molecule has 1 atom stereocenters. The van der Waals surface area contributed by atoms with Gasteiger partial charge in [-0.2, -0.15) is 4.98 Å². The average molecular weight is 402 g/mol. The summed E-state index contributed by atoms with van der Waals surface area (Å²) in [6.07, 6.45) is 0. The molecule has 0 N–H and O–H groups in total. The summed E-state index contributed by atoms with van der Waals surface area (Å²) in [6.45, 7) is 7.66. The van der Waals surface area contributed by atoms with Crippen LogP contribution in [0.4, 0.5) is 0 Å². The molecular weight excluding hydrogens is 380 g/mol. The third-order valence-corrected chi connectivity index (χ3v) is 5.16. The second-order valence-electron chi connectivity index (χ2n) is 7.35. The summed E-state index contributed by atoms with van der Waals surface area (Å²) in [5, 5.41) is 4.60. The zero-order valence-corrected chi connectivity index (χ0v) is 17.2. The van der Waals surface area contributed by atoms with Gasteiger partial charge in [-0.05, 0) is 19.1 Å². The molecular formula is C19H22N4O4S. The van der Waals surface area contributed by atoms with Crippen LogP contribution in [0.1, 0.15) is 44.7 Å². The van der Waals surface area contributed by atoms with Crippen molar-refractivity contribution in [2.75, 3.05) is 7.11 Å². The van der Waals surface area contributed by atoms with E-state index in [1.165, 1.54) is 23.4 Å². The van der Waals surface area contributed by atoms with Crippen LogP contribution >= 0.6 is 11.8 Å². The van der Waals surface area contributed by atoms with Crippen molar-refractivity contribution in [2.24, 2.45) is 0 Å². The summed E-state index contributed by atoms with van der Waals surface area (Å²) in [4.78, 5) is 33.8. The number of methoxy groups -OCH3 is 1. The van der Waals surface area contributed by atoms with Crippen molar-refractivity contribution in [1.29, 1.82) is 0 Å². The largest absolute Gasteiger partial charge is 0.468 e. The molecule has 0 bridgehead atoms. The smallest absolute Gasteiger partial charge is 0.325 e. The number of aromatic nitrogens is 4. The Kier molecular flexibility index (Phi) is 5.55. The van der Waals surface area contributed by atoms with E-state index in [-0.39, 0.29) is 22.8 Å². The Morgan fingerprint density at radius 2 is 2.00 bits per heavy atom. The van der Waals surface area contributed by atoms with Crippen molar-refractivity contribution >= 4 is 28.6 Å². The molecule has 28 heavy (non-hydrogen) atoms. The van der Waals surface area contributed by atoms with Gasteiger partial charge in [0.15, 0.2) is 11.0 Å². The Bertz CT molecular complexity index is 1070. The molecule has 2 heterocycles. The maximum Gasteiger partial charge on any atom is 0.325 e. The van der Waals surface area contributed by atoms with E-state index in [2.05, 4.69) is 15.1 Å². The SMILES string of the molecule is COC(=O)Cn1c(S[C@H](C)c2nc(C(C)(C)C)no2)nc2ccccc2c1=O. The maximum absolute atomic E-state index is 12.9. The highest BCUT2D eigenvalue weighted by molar-refractivity contribution is 7.99. The number of hydrogen-bond acceptors (Lipinski definition) is 8. The molecule has 0 spiro atoms. The van der Waals surface area contributed by atoms with Gasteiger partial charge in [-0.1, -0.05) is 49.8 Å². The van der Waals surface area contributed by atoms with Gasteiger partial charge in [-0.15, -0.1) is 0 Å². The van der Waals surface area contributed by atoms with Gasteiger partial charge in [0.2, 0.25) is 5.89 Å². The van der Waals surface area contributed by atoms with E-state index < -0.39 is 5.97 Å². The minimum atomic E-state index is -0.526. The number of fused-ring (bicyclic) bond motifs is 1. The average Bonchev–Trinajstić information content (AvgIpc) is 3.15. The zero-order chi connectivity index (χ0) is 20.5. The van der Waals surface area contributed by atoms with Gasteiger partial charge in [-0.25, -0.2) is 4.98 Å². The normalized spacial score (nSPS) is 12.9. The molecule has 0 saturated carbocycles. The van der Waals surface area contributed by atoms with Gasteiger partial charge in [0, 0.05) is 5.41 Å². The molecule has 3 rings (SSSR count). The number of esters is 1. The minimum Gasteiger partial charge on any atom is -0.468 e. The molecule has 0 aliphatic carbocycles. The number of carbonyl (C=O) groups is 1. The zero-order valence-electron chi connectivity index (χ0n) is 16.4. The van der Waals surface area contributed by atoms with Crippen molar-refractivity contribution in [3.05, 3.63) is 46.3 Å². The molecule has 148 valence electrons. The van der Waals surface area contributed by atoms with Crippen molar-refractivity contribution < 1.29 is 14.1 Å². The molecule has 0 fully saturated rings. The molecule has 2 aromatic heterocycles. The number of benzene rings is 1. The van der Waals surface area contributed by atoms with Crippen LogP contribution in [0.3, 0.4) is 0 Å². The lowest BCUT2D eigenvalue weighted by Crippen LogP contribution is -2.27. The van der Waals surface area contributed by atoms with Crippen LogP contribution in [0.5, 0.6) is 0 Å². The lowest BCUT2D eigenvalue weighted by atomic mass is 9.96. The molecule has 3 aromatic rings. The van der Waals surface area contributed by atoms with Crippen molar-refractivity contribution in [2.45, 2.75) is 50.1 Å². The van der Waals surface area contributed by atoms with E-state index in [9.17, 15) is 9.59 Å². The third-order valence-electron chi connectivity index (χ3n) is 4.08. The number of hydrogen-bond donors (Lipinski definition) is 0. The lowest BCUT2D eigenvalue weighted by molar-refractivity contribution is -0.141. The summed E-state index contributed by atoms with van der Waals surface area (Å²) in [7, 11) is 1.28. The van der Waals surface area contributed by atoms with Crippen LogP contribution in [-0.4, -0.2) is 32.8 Å². The molecule has 8 nitrogen and oxygen atoms in total. The van der Waals surface area contributed by atoms with Crippen molar-refractivity contribution in [3.8, 4) is 0 Å². The highest BCUT2D eigenvalue weighted by Gasteiger charge is 2.25. The van der Waals surface area contributed by atoms with Crippen LogP contribution in [0, 0.1) is 0 Å². The first-order chi connectivity index (χ1) is 13.2. The molecule has 1 aromatic carbocycles. The van der Waals surface area contributed by atoms with Gasteiger partial charge in [0.1, 0.15) is 6.54 Å². The molecule has 0 aliphatic rings. The first-order valence-electron chi connectivity index (χ1n) is 8.78. The first kappa shape index (κ1) is 20.1. The van der Waals surface area contributed by atoms with E-state index >= 15 is 0 Å². The predicted octanol–water partition coefficient (Wildman–Crippen LogP) is 3.10. The van der Waals surface area contributed by atoms with E-state index in [0.29, 0.717) is 27.8 Å². The second kappa shape index (κ2) is 7.75. The highest BCUT2D eigenvalue weighted by atomic mass is 32.2. The topological polar surface area (TPSA) is 100 Å². The summed E-state index contributed by atoms with van der Waals surface area (Å²) < 4.78 is 11.4. The molecule has 0 radical (unpaired) electrons. The Labute approximate surface area is 166 Å². The fourth-order valence-corrected chi connectivity index (χ4v) is 3.42. The highest BCUT2D eigenvalue weighted by Crippen LogP contribution is 2.34. The Balaban J connectivity index is 2.01. The summed E-state index contributed by atoms with van der Waals surface area (Å²) in [5.74, 6) is 0.511. The van der Waals surface area contributed by atoms with E-state index in [1.54, 1.807) is 18.2 Å². The van der Waals surface area contributed by atoms with Crippen LogP contribution < -0.4 is 5.56 Å². The van der Waals surface area contributed by atoms with Crippen LogP contribution in [0.2, 0.25) is 0 Å². The number of para-hydroxylation sites is 1. The molecule has 0 amide bonds. The monoisotopic (exact) mass is 402 g/mol. The quantitative estimate of drug-likeness (QED) is 0.365. The van der Waals surface area contributed by atoms with E-state index in [0.717, 1.165) is 0 Å². The molecule has 0 unspecified atom stereocenters. The standard InChI is InChI=1S/C19H22N4O4S/c1-11(15-21-17(22-27-15)19(2,3)4)28-18-20-13-9-7-6-8-12(13)16(25)23(18)10-14(24)26-5/h6-9,11H,10H2,1-5H3/t11-/m1/s1. The number of rotatable bonds is 5. The number of ether oxygens (including phenoxy) is 1. The van der Waals surface area contributed by atoms with Crippen molar-refractivity contribution in [1.82, 2.24) is 19.7 Å². The Morgan fingerprint density at radius 1 is 1.29 bits per heavy atom. The van der Waals surface area contributed by atoms with Crippen LogP contribution in [0.15, 0.2) is 38.7 Å². The second-order valence-corrected chi connectivity index (χ2v) is 8.65. The Morgan fingerprint density at radius 3 is 2.64 bits per heavy atom. The van der Waals surface area contributed by atoms with Crippen molar-refractivity contribution in [3.63, 3.8) is 0 Å². The van der Waals surface area contributed by atoms with Crippen LogP contribution in [-0.2, 0) is 21.5 Å². The first-order valence-corrected chi connectivity index (χ1v) is 9.66. The number of carbonyl (C=O) groups excluding carboxylic acids is 1. The van der Waals surface area contributed by atoms with E-state index in [1.807, 2.05) is 33.8 Å². The fourth-order valence-electron chi connectivity index (χ4n) is 2.48.